The molecule has 0 saturated carbocycles. The van der Waals surface area contributed by atoms with E-state index in [1.165, 1.54) is 23.1 Å². The van der Waals surface area contributed by atoms with E-state index in [-0.39, 0.29) is 30.2 Å². The van der Waals surface area contributed by atoms with Crippen molar-refractivity contribution in [3.63, 3.8) is 0 Å². The van der Waals surface area contributed by atoms with E-state index in [9.17, 15) is 22.0 Å². The third-order valence-electron chi connectivity index (χ3n) is 4.66. The molecule has 1 aliphatic heterocycles. The summed E-state index contributed by atoms with van der Waals surface area (Å²) in [5, 5.41) is 3.59. The summed E-state index contributed by atoms with van der Waals surface area (Å²) in [5.41, 5.74) is -2.23. The van der Waals surface area contributed by atoms with Crippen LogP contribution >= 0.6 is 0 Å². The van der Waals surface area contributed by atoms with Gasteiger partial charge in [-0.2, -0.15) is 22.5 Å². The van der Waals surface area contributed by atoms with Crippen molar-refractivity contribution >= 4 is 5.82 Å². The summed E-state index contributed by atoms with van der Waals surface area (Å²) >= 11 is 0. The first-order valence-corrected chi connectivity index (χ1v) is 8.18. The van der Waals surface area contributed by atoms with Crippen LogP contribution in [0.25, 0.3) is 11.4 Å². The molecule has 1 aromatic carbocycles. The van der Waals surface area contributed by atoms with Crippen LogP contribution in [0.4, 0.5) is 27.8 Å². The molecule has 146 valence electrons. The van der Waals surface area contributed by atoms with Crippen molar-refractivity contribution in [1.29, 1.82) is 0 Å². The Hall–Kier alpha value is -3.11. The summed E-state index contributed by atoms with van der Waals surface area (Å²) in [6.45, 7) is -0.556. The van der Waals surface area contributed by atoms with Crippen molar-refractivity contribution in [3.8, 4) is 11.4 Å². The Kier molecular flexibility index (Phi) is 4.24. The monoisotopic (exact) mass is 397 g/mol. The second kappa shape index (κ2) is 6.50. The highest BCUT2D eigenvalue weighted by atomic mass is 19.4. The van der Waals surface area contributed by atoms with Crippen LogP contribution in [-0.4, -0.2) is 39.4 Å². The minimum Gasteiger partial charge on any atom is -0.354 e. The van der Waals surface area contributed by atoms with Crippen molar-refractivity contribution in [1.82, 2.24) is 20.1 Å². The van der Waals surface area contributed by atoms with Crippen molar-refractivity contribution in [2.24, 2.45) is 0 Å². The fourth-order valence-corrected chi connectivity index (χ4v) is 3.16. The van der Waals surface area contributed by atoms with E-state index in [4.69, 9.17) is 4.52 Å². The minimum absolute atomic E-state index is 0.0164. The molecule has 2 aromatic heterocycles. The van der Waals surface area contributed by atoms with Crippen LogP contribution in [0.5, 0.6) is 0 Å². The van der Waals surface area contributed by atoms with Gasteiger partial charge < -0.3 is 9.42 Å². The molecule has 1 fully saturated rings. The van der Waals surface area contributed by atoms with Gasteiger partial charge in [0, 0.05) is 18.7 Å². The van der Waals surface area contributed by atoms with E-state index in [1.807, 2.05) is 0 Å². The molecule has 1 saturated heterocycles. The average Bonchev–Trinajstić information content (AvgIpc) is 3.30. The Morgan fingerprint density at radius 3 is 2.61 bits per heavy atom. The Balaban J connectivity index is 1.69. The maximum absolute atomic E-state index is 14.0. The Bertz CT molecular complexity index is 990. The lowest BCUT2D eigenvalue weighted by molar-refractivity contribution is -0.191. The van der Waals surface area contributed by atoms with E-state index in [2.05, 4.69) is 20.1 Å². The highest BCUT2D eigenvalue weighted by Crippen LogP contribution is 2.48. The van der Waals surface area contributed by atoms with Crippen LogP contribution in [-0.2, 0) is 5.41 Å². The van der Waals surface area contributed by atoms with Gasteiger partial charge >= 0.3 is 6.18 Å². The SMILES string of the molecule is Fc1cccc(-c2noc(C3(C(F)(F)F)CCN(c4cnc(F)cn4)C3)n2)c1. The number of halogens is 5. The second-order valence-electron chi connectivity index (χ2n) is 6.38. The maximum Gasteiger partial charge on any atom is 0.405 e. The van der Waals surface area contributed by atoms with Crippen LogP contribution in [0.1, 0.15) is 12.3 Å². The second-order valence-corrected chi connectivity index (χ2v) is 6.38. The third-order valence-corrected chi connectivity index (χ3v) is 4.66. The van der Waals surface area contributed by atoms with E-state index in [1.54, 1.807) is 0 Å². The number of rotatable bonds is 3. The molecule has 0 aliphatic carbocycles. The van der Waals surface area contributed by atoms with Crippen LogP contribution in [0.3, 0.4) is 0 Å². The number of hydrogen-bond donors (Lipinski definition) is 0. The molecule has 1 unspecified atom stereocenters. The van der Waals surface area contributed by atoms with Gasteiger partial charge in [0.25, 0.3) is 0 Å². The smallest absolute Gasteiger partial charge is 0.354 e. The predicted molar refractivity (Wildman–Crippen MR) is 86.2 cm³/mol. The Morgan fingerprint density at radius 2 is 1.93 bits per heavy atom. The third kappa shape index (κ3) is 3.06. The van der Waals surface area contributed by atoms with E-state index in [0.29, 0.717) is 0 Å². The lowest BCUT2D eigenvalue weighted by Gasteiger charge is -2.28. The number of hydrogen-bond acceptors (Lipinski definition) is 6. The van der Waals surface area contributed by atoms with Crippen molar-refractivity contribution < 1.29 is 26.5 Å². The van der Waals surface area contributed by atoms with Crippen LogP contribution in [0, 0.1) is 11.8 Å². The topological polar surface area (TPSA) is 67.9 Å². The zero-order chi connectivity index (χ0) is 19.9. The van der Waals surface area contributed by atoms with Crippen molar-refractivity contribution in [3.05, 3.63) is 54.3 Å². The summed E-state index contributed by atoms with van der Waals surface area (Å²) in [6.07, 6.45) is -3.16. The van der Waals surface area contributed by atoms with Gasteiger partial charge in [-0.05, 0) is 18.6 Å². The first-order chi connectivity index (χ1) is 13.3. The predicted octanol–water partition coefficient (Wildman–Crippen LogP) is 3.52. The fourth-order valence-electron chi connectivity index (χ4n) is 3.16. The molecule has 28 heavy (non-hydrogen) atoms. The fraction of sp³-hybridized carbons (Fsp3) is 0.294. The molecule has 0 amide bonds. The quantitative estimate of drug-likeness (QED) is 0.630. The number of nitrogens with zero attached hydrogens (tertiary/aromatic N) is 5. The van der Waals surface area contributed by atoms with Gasteiger partial charge in [0.05, 0.1) is 12.4 Å². The Labute approximate surface area is 155 Å². The van der Waals surface area contributed by atoms with Crippen molar-refractivity contribution in [2.45, 2.75) is 18.0 Å². The number of anilines is 1. The van der Waals surface area contributed by atoms with Crippen molar-refractivity contribution in [2.75, 3.05) is 18.0 Å². The molecular weight excluding hydrogens is 385 g/mol. The van der Waals surface area contributed by atoms with Gasteiger partial charge in [-0.3, -0.25) is 0 Å². The van der Waals surface area contributed by atoms with E-state index < -0.39 is 35.8 Å². The zero-order valence-corrected chi connectivity index (χ0v) is 14.1. The molecule has 3 heterocycles. The molecule has 6 nitrogen and oxygen atoms in total. The normalized spacial score (nSPS) is 20.0. The molecule has 4 rings (SSSR count). The molecule has 1 aliphatic rings. The molecule has 0 bridgehead atoms. The van der Waals surface area contributed by atoms with Crippen LogP contribution < -0.4 is 4.90 Å². The van der Waals surface area contributed by atoms with Gasteiger partial charge in [0.1, 0.15) is 11.6 Å². The molecule has 0 spiro atoms. The van der Waals surface area contributed by atoms with Gasteiger partial charge in [0.2, 0.25) is 17.7 Å². The van der Waals surface area contributed by atoms with Gasteiger partial charge in [-0.1, -0.05) is 17.3 Å². The van der Waals surface area contributed by atoms with Gasteiger partial charge in [0.15, 0.2) is 5.41 Å². The zero-order valence-electron chi connectivity index (χ0n) is 14.1. The van der Waals surface area contributed by atoms with E-state index in [0.717, 1.165) is 18.5 Å². The molecular formula is C17H12F5N5O. The first-order valence-electron chi connectivity index (χ1n) is 8.18. The molecule has 1 atom stereocenters. The average molecular weight is 397 g/mol. The van der Waals surface area contributed by atoms with Crippen LogP contribution in [0.2, 0.25) is 0 Å². The van der Waals surface area contributed by atoms with E-state index >= 15 is 0 Å². The molecule has 0 N–H and O–H groups in total. The number of alkyl halides is 3. The summed E-state index contributed by atoms with van der Waals surface area (Å²) in [6, 6.07) is 5.15. The molecule has 3 aromatic rings. The minimum atomic E-state index is -4.69. The number of aromatic nitrogens is 4. The Morgan fingerprint density at radius 1 is 1.11 bits per heavy atom. The molecule has 0 radical (unpaired) electrons. The standard InChI is InChI=1S/C17H12F5N5O/c18-11-3-1-2-10(6-11)14-25-15(28-26-14)16(17(20,21)22)4-5-27(9-16)13-8-23-12(19)7-24-13/h1-3,6-8H,4-5,9H2. The van der Waals surface area contributed by atoms with Crippen LogP contribution in [0.15, 0.2) is 41.2 Å². The highest BCUT2D eigenvalue weighted by molar-refractivity contribution is 5.54. The summed E-state index contributed by atoms with van der Waals surface area (Å²) < 4.78 is 73.3. The summed E-state index contributed by atoms with van der Waals surface area (Å²) in [7, 11) is 0. The summed E-state index contributed by atoms with van der Waals surface area (Å²) in [5.74, 6) is -2.05. The first kappa shape index (κ1) is 18.3. The number of benzene rings is 1. The van der Waals surface area contributed by atoms with Gasteiger partial charge in [-0.15, -0.1) is 0 Å². The largest absolute Gasteiger partial charge is 0.405 e. The van der Waals surface area contributed by atoms with Gasteiger partial charge in [-0.25, -0.2) is 14.4 Å². The maximum atomic E-state index is 14.0. The summed E-state index contributed by atoms with van der Waals surface area (Å²) in [4.78, 5) is 12.4. The lowest BCUT2D eigenvalue weighted by atomic mass is 9.86. The molecule has 11 heteroatoms. The lowest BCUT2D eigenvalue weighted by Crippen LogP contribution is -2.45. The highest BCUT2D eigenvalue weighted by Gasteiger charge is 2.63.